The average molecular weight is 407 g/mol. The van der Waals surface area contributed by atoms with Gasteiger partial charge in [-0.05, 0) is 19.4 Å². The first-order valence-corrected chi connectivity index (χ1v) is 9.25. The summed E-state index contributed by atoms with van der Waals surface area (Å²) in [4.78, 5) is 27.5. The van der Waals surface area contributed by atoms with E-state index in [1.807, 2.05) is 0 Å². The number of ether oxygens (including phenoxy) is 1. The van der Waals surface area contributed by atoms with E-state index in [4.69, 9.17) is 4.74 Å². The first kappa shape index (κ1) is 19.4. The van der Waals surface area contributed by atoms with Crippen LogP contribution >= 0.6 is 0 Å². The fraction of sp³-hybridized carbons (Fsp3) is 0.474. The molecule has 0 aromatic carbocycles. The highest BCUT2D eigenvalue weighted by Gasteiger charge is 2.59. The topological polar surface area (TPSA) is 71.5 Å². The molecule has 1 saturated heterocycles. The van der Waals surface area contributed by atoms with Crippen molar-refractivity contribution >= 4 is 11.9 Å². The summed E-state index contributed by atoms with van der Waals surface area (Å²) in [6.45, 7) is 1.34. The van der Waals surface area contributed by atoms with Crippen LogP contribution in [0.1, 0.15) is 18.9 Å². The van der Waals surface area contributed by atoms with E-state index in [0.717, 1.165) is 12.4 Å². The molecule has 0 aliphatic carbocycles. The number of halogens is 3. The molecule has 7 nitrogen and oxygen atoms in total. The third-order valence-electron chi connectivity index (χ3n) is 5.57. The Morgan fingerprint density at radius 1 is 1.21 bits per heavy atom. The number of anilines is 1. The van der Waals surface area contributed by atoms with Crippen LogP contribution in [0.15, 0.2) is 30.9 Å². The Balaban J connectivity index is 1.54. The van der Waals surface area contributed by atoms with Crippen molar-refractivity contribution in [3.63, 3.8) is 0 Å². The van der Waals surface area contributed by atoms with Gasteiger partial charge in [0.25, 0.3) is 5.92 Å². The maximum absolute atomic E-state index is 15.2. The average Bonchev–Trinajstić information content (AvgIpc) is 2.92. The fourth-order valence-corrected chi connectivity index (χ4v) is 3.68. The van der Waals surface area contributed by atoms with Crippen LogP contribution in [0.4, 0.5) is 19.1 Å². The van der Waals surface area contributed by atoms with Crippen molar-refractivity contribution in [2.24, 2.45) is 5.41 Å². The number of hydrogen-bond acceptors (Lipinski definition) is 6. The highest BCUT2D eigenvalue weighted by atomic mass is 19.3. The largest absolute Gasteiger partial charge is 0.491 e. The van der Waals surface area contributed by atoms with Gasteiger partial charge in [-0.25, -0.2) is 23.1 Å². The second kappa shape index (κ2) is 7.16. The van der Waals surface area contributed by atoms with Gasteiger partial charge in [0.15, 0.2) is 5.82 Å². The monoisotopic (exact) mass is 407 g/mol. The van der Waals surface area contributed by atoms with Gasteiger partial charge in [0.05, 0.1) is 32.0 Å². The Labute approximate surface area is 165 Å². The number of carbonyl (C=O) groups excluding carboxylic acids is 1. The third-order valence-corrected chi connectivity index (χ3v) is 5.57. The van der Waals surface area contributed by atoms with E-state index in [1.165, 1.54) is 16.7 Å². The number of pyridine rings is 1. The molecule has 0 spiro atoms. The van der Waals surface area contributed by atoms with Crippen LogP contribution in [-0.2, 0) is 11.3 Å². The summed E-state index contributed by atoms with van der Waals surface area (Å²) in [6, 6.07) is 1.70. The molecule has 4 rings (SSSR count). The molecular formula is C19H20F3N5O2. The van der Waals surface area contributed by atoms with E-state index in [0.29, 0.717) is 11.3 Å². The SMILES string of the molecule is CC1(C(=O)N2CCOc3ccncc3C2)CCN(c2ncc(F)cn2)CC1(F)F. The molecule has 2 aromatic heterocycles. The normalized spacial score (nSPS) is 23.7. The minimum absolute atomic E-state index is 0.0174. The molecule has 2 aliphatic rings. The molecule has 4 heterocycles. The molecule has 0 radical (unpaired) electrons. The van der Waals surface area contributed by atoms with Gasteiger partial charge < -0.3 is 14.5 Å². The number of amides is 1. The molecule has 1 unspecified atom stereocenters. The van der Waals surface area contributed by atoms with Crippen LogP contribution in [0, 0.1) is 11.2 Å². The summed E-state index contributed by atoms with van der Waals surface area (Å²) in [5.74, 6) is -3.97. The van der Waals surface area contributed by atoms with Gasteiger partial charge in [-0.3, -0.25) is 9.78 Å². The Hall–Kier alpha value is -2.91. The van der Waals surface area contributed by atoms with E-state index in [9.17, 15) is 9.18 Å². The van der Waals surface area contributed by atoms with E-state index < -0.39 is 29.6 Å². The molecule has 1 atom stereocenters. The van der Waals surface area contributed by atoms with Crippen LogP contribution in [0.5, 0.6) is 5.75 Å². The van der Waals surface area contributed by atoms with Crippen LogP contribution in [0.25, 0.3) is 0 Å². The lowest BCUT2D eigenvalue weighted by molar-refractivity contribution is -0.173. The second-order valence-electron chi connectivity index (χ2n) is 7.47. The molecule has 0 bridgehead atoms. The zero-order chi connectivity index (χ0) is 20.6. The molecule has 0 N–H and O–H groups in total. The predicted molar refractivity (Wildman–Crippen MR) is 97.0 cm³/mol. The molecule has 29 heavy (non-hydrogen) atoms. The van der Waals surface area contributed by atoms with E-state index >= 15 is 8.78 Å². The molecule has 2 aliphatic heterocycles. The third kappa shape index (κ3) is 3.47. The van der Waals surface area contributed by atoms with E-state index in [1.54, 1.807) is 18.5 Å². The summed E-state index contributed by atoms with van der Waals surface area (Å²) in [5, 5.41) is 0. The zero-order valence-electron chi connectivity index (χ0n) is 15.8. The summed E-state index contributed by atoms with van der Waals surface area (Å²) in [5.41, 5.74) is -1.20. The van der Waals surface area contributed by atoms with Gasteiger partial charge in [0.1, 0.15) is 17.8 Å². The molecular weight excluding hydrogens is 387 g/mol. The molecule has 10 heteroatoms. The van der Waals surface area contributed by atoms with Crippen LogP contribution in [0.3, 0.4) is 0 Å². The number of carbonyl (C=O) groups is 1. The van der Waals surface area contributed by atoms with Crippen LogP contribution in [-0.4, -0.2) is 57.9 Å². The summed E-state index contributed by atoms with van der Waals surface area (Å²) >= 11 is 0. The van der Waals surface area contributed by atoms with Gasteiger partial charge in [0.2, 0.25) is 11.9 Å². The summed E-state index contributed by atoms with van der Waals surface area (Å²) < 4.78 is 49.0. The summed E-state index contributed by atoms with van der Waals surface area (Å²) in [6.07, 6.45) is 4.94. The minimum atomic E-state index is -3.33. The number of nitrogens with zero attached hydrogens (tertiary/aromatic N) is 5. The van der Waals surface area contributed by atoms with Gasteiger partial charge in [-0.1, -0.05) is 0 Å². The van der Waals surface area contributed by atoms with Crippen molar-refractivity contribution in [1.82, 2.24) is 19.9 Å². The Kier molecular flexibility index (Phi) is 4.79. The van der Waals surface area contributed by atoms with Gasteiger partial charge >= 0.3 is 0 Å². The van der Waals surface area contributed by atoms with E-state index in [2.05, 4.69) is 15.0 Å². The molecule has 154 valence electrons. The van der Waals surface area contributed by atoms with Gasteiger partial charge in [-0.15, -0.1) is 0 Å². The first-order valence-electron chi connectivity index (χ1n) is 9.25. The smallest absolute Gasteiger partial charge is 0.279 e. The highest BCUT2D eigenvalue weighted by Crippen LogP contribution is 2.46. The second-order valence-corrected chi connectivity index (χ2v) is 7.47. The minimum Gasteiger partial charge on any atom is -0.491 e. The number of aromatic nitrogens is 3. The predicted octanol–water partition coefficient (Wildman–Crippen LogP) is 2.28. The number of alkyl halides is 2. The molecule has 1 amide bonds. The summed E-state index contributed by atoms with van der Waals surface area (Å²) in [7, 11) is 0. The number of piperidine rings is 1. The molecule has 2 aromatic rings. The number of rotatable bonds is 2. The molecule has 0 saturated carbocycles. The van der Waals surface area contributed by atoms with Crippen molar-refractivity contribution in [3.05, 3.63) is 42.2 Å². The Bertz CT molecular complexity index is 911. The lowest BCUT2D eigenvalue weighted by Gasteiger charge is -2.46. The molecule has 1 fully saturated rings. The van der Waals surface area contributed by atoms with Crippen molar-refractivity contribution in [2.45, 2.75) is 25.8 Å². The maximum atomic E-state index is 15.2. The standard InChI is InChI=1S/C19H20F3N5O2/c1-18(16(28)26-6-7-29-15-2-4-23-8-13(15)11-26)3-5-27(12-19(18,21)22)17-24-9-14(20)10-25-17/h2,4,8-10H,3,5-7,11-12H2,1H3. The highest BCUT2D eigenvalue weighted by molar-refractivity contribution is 5.84. The quantitative estimate of drug-likeness (QED) is 0.761. The van der Waals surface area contributed by atoms with Gasteiger partial charge in [-0.2, -0.15) is 0 Å². The fourth-order valence-electron chi connectivity index (χ4n) is 3.68. The lowest BCUT2D eigenvalue weighted by atomic mass is 9.75. The first-order chi connectivity index (χ1) is 13.8. The Morgan fingerprint density at radius 2 is 1.97 bits per heavy atom. The van der Waals surface area contributed by atoms with Crippen molar-refractivity contribution < 1.29 is 22.7 Å². The van der Waals surface area contributed by atoms with E-state index in [-0.39, 0.29) is 38.6 Å². The Morgan fingerprint density at radius 3 is 2.69 bits per heavy atom. The lowest BCUT2D eigenvalue weighted by Crippen LogP contribution is -2.61. The maximum Gasteiger partial charge on any atom is 0.279 e. The van der Waals surface area contributed by atoms with Gasteiger partial charge in [0, 0.05) is 24.5 Å². The number of hydrogen-bond donors (Lipinski definition) is 0. The van der Waals surface area contributed by atoms with Crippen LogP contribution in [0.2, 0.25) is 0 Å². The number of fused-ring (bicyclic) bond motifs is 1. The zero-order valence-corrected chi connectivity index (χ0v) is 15.8. The van der Waals surface area contributed by atoms with Crippen LogP contribution < -0.4 is 9.64 Å². The van der Waals surface area contributed by atoms with Crippen molar-refractivity contribution in [2.75, 3.05) is 31.1 Å². The van der Waals surface area contributed by atoms with Crippen molar-refractivity contribution in [3.8, 4) is 5.75 Å². The van der Waals surface area contributed by atoms with Crippen molar-refractivity contribution in [1.29, 1.82) is 0 Å².